The van der Waals surface area contributed by atoms with Crippen molar-refractivity contribution in [2.75, 3.05) is 0 Å². The molecule has 9 rings (SSSR count). The van der Waals surface area contributed by atoms with E-state index < -0.39 is 0 Å². The van der Waals surface area contributed by atoms with Crippen molar-refractivity contribution < 1.29 is 30.4 Å². The quantitative estimate of drug-likeness (QED) is 0.107. The fraction of sp³-hybridized carbons (Fsp3) is 0.185. The summed E-state index contributed by atoms with van der Waals surface area (Å²) >= 11 is 0. The molecule has 0 N–H and O–H groups in total. The van der Waals surface area contributed by atoms with Gasteiger partial charge in [0.1, 0.15) is 5.82 Å². The van der Waals surface area contributed by atoms with Gasteiger partial charge in [0, 0.05) is 67.5 Å². The Morgan fingerprint density at radius 3 is 1.90 bits per heavy atom. The monoisotopic (exact) mass is 963 g/mol. The van der Waals surface area contributed by atoms with Gasteiger partial charge in [0.25, 0.3) is 6.33 Å². The minimum atomic E-state index is -0.212. The van der Waals surface area contributed by atoms with Gasteiger partial charge >= 0.3 is 0 Å². The average Bonchev–Trinajstić information content (AvgIpc) is 3.88. The summed E-state index contributed by atoms with van der Waals surface area (Å²) in [4.78, 5) is 4.95. The summed E-state index contributed by atoms with van der Waals surface area (Å²) in [6.45, 7) is 15.8. The first-order valence-electron chi connectivity index (χ1n) is 20.3. The third-order valence-corrected chi connectivity index (χ3v) is 11.9. The number of nitrogens with zero attached hydrogens (tertiary/aromatic N) is 4. The number of fused-ring (bicyclic) bond motifs is 3. The number of aromatic nitrogens is 4. The van der Waals surface area contributed by atoms with E-state index in [1.807, 2.05) is 52.0 Å². The van der Waals surface area contributed by atoms with Crippen molar-refractivity contribution >= 4 is 21.8 Å². The van der Waals surface area contributed by atoms with Crippen LogP contribution in [0.5, 0.6) is 11.5 Å². The molecule has 6 heteroatoms. The smallest absolute Gasteiger partial charge is 0.267 e. The van der Waals surface area contributed by atoms with Crippen molar-refractivity contribution in [3.05, 3.63) is 210 Å². The molecule has 0 fully saturated rings. The Morgan fingerprint density at radius 1 is 0.567 bits per heavy atom. The Labute approximate surface area is 368 Å². The SMILES string of the molecule is CC(C)(C)c1ccnc(-n2c3[c-]c(Oc4[c-]c(-n5[c-][n+](-c6cccc(C(C)(C)c7ccccc7)c6)cc5)ccc4)ccc3c3ccc(C(C)(C)c4ccccc4)cc32)c1.[Pt]. The van der Waals surface area contributed by atoms with Gasteiger partial charge in [0.15, 0.2) is 0 Å². The standard InChI is InChI=1S/C54H48N4O.Pt/c1-52(2,3)40-28-29-55-51(34-40)58-49-33-42(54(6,7)39-18-12-9-13-19-39)24-26-47(49)48-27-25-46(36-50(48)58)59-45-23-15-22-44(35-45)57-31-30-56(37-57)43-21-14-20-41(32-43)53(4,5)38-16-10-8-11-17-38;/h8-34H,1-7H3;/q-2;. The fourth-order valence-electron chi connectivity index (χ4n) is 8.05. The van der Waals surface area contributed by atoms with E-state index in [1.54, 1.807) is 0 Å². The zero-order valence-electron chi connectivity index (χ0n) is 35.1. The molecule has 0 aliphatic carbocycles. The van der Waals surface area contributed by atoms with Crippen LogP contribution in [0.2, 0.25) is 0 Å². The first kappa shape index (κ1) is 40.7. The van der Waals surface area contributed by atoms with Crippen LogP contribution in [0.4, 0.5) is 0 Å². The van der Waals surface area contributed by atoms with Gasteiger partial charge in [-0.1, -0.05) is 139 Å². The largest absolute Gasteiger partial charge is 0.510 e. The number of pyridine rings is 1. The van der Waals surface area contributed by atoms with E-state index in [0.717, 1.165) is 39.0 Å². The van der Waals surface area contributed by atoms with Crippen molar-refractivity contribution in [2.45, 2.75) is 64.7 Å². The van der Waals surface area contributed by atoms with Gasteiger partial charge in [-0.3, -0.25) is 4.57 Å². The zero-order chi connectivity index (χ0) is 40.9. The molecule has 0 saturated heterocycles. The molecular weight excluding hydrogens is 916 g/mol. The van der Waals surface area contributed by atoms with E-state index in [1.165, 1.54) is 27.8 Å². The van der Waals surface area contributed by atoms with Gasteiger partial charge in [-0.25, -0.2) is 4.98 Å². The third-order valence-electron chi connectivity index (χ3n) is 11.9. The van der Waals surface area contributed by atoms with Crippen molar-refractivity contribution in [3.63, 3.8) is 0 Å². The normalized spacial score (nSPS) is 12.1. The summed E-state index contributed by atoms with van der Waals surface area (Å²) in [7, 11) is 0. The first-order chi connectivity index (χ1) is 28.4. The van der Waals surface area contributed by atoms with E-state index in [2.05, 4.69) is 193 Å². The third kappa shape index (κ3) is 7.64. The molecule has 0 bridgehead atoms. The molecule has 0 atom stereocenters. The van der Waals surface area contributed by atoms with Crippen LogP contribution in [-0.2, 0) is 37.3 Å². The summed E-state index contributed by atoms with van der Waals surface area (Å²) in [5, 5.41) is 2.22. The Hall–Kier alpha value is -6.03. The molecular formula is C54H48N4OPt-2. The molecule has 0 radical (unpaired) electrons. The van der Waals surface area contributed by atoms with E-state index in [0.29, 0.717) is 11.5 Å². The van der Waals surface area contributed by atoms with Crippen molar-refractivity contribution in [1.29, 1.82) is 0 Å². The molecule has 0 aliphatic heterocycles. The van der Waals surface area contributed by atoms with Crippen LogP contribution in [-0.4, -0.2) is 14.1 Å². The molecule has 0 spiro atoms. The molecule has 0 saturated carbocycles. The molecule has 3 heterocycles. The molecule has 9 aromatic rings. The molecule has 3 aromatic heterocycles. The maximum Gasteiger partial charge on any atom is 0.267 e. The van der Waals surface area contributed by atoms with Crippen molar-refractivity contribution in [2.24, 2.45) is 0 Å². The number of ether oxygens (including phenoxy) is 1. The van der Waals surface area contributed by atoms with Crippen LogP contribution >= 0.6 is 0 Å². The minimum absolute atomic E-state index is 0. The summed E-state index contributed by atoms with van der Waals surface area (Å²) in [6, 6.07) is 58.3. The van der Waals surface area contributed by atoms with E-state index >= 15 is 0 Å². The molecule has 0 amide bonds. The van der Waals surface area contributed by atoms with Crippen LogP contribution < -0.4 is 9.30 Å². The van der Waals surface area contributed by atoms with Crippen LogP contribution in [0.15, 0.2) is 164 Å². The number of benzene rings is 6. The Balaban J connectivity index is 0.00000499. The number of hydrogen-bond donors (Lipinski definition) is 0. The summed E-state index contributed by atoms with van der Waals surface area (Å²) in [5.74, 6) is 2.02. The molecule has 0 unspecified atom stereocenters. The maximum absolute atomic E-state index is 6.56. The Bertz CT molecular complexity index is 2950. The van der Waals surface area contributed by atoms with Gasteiger partial charge in [0.2, 0.25) is 0 Å². The number of imidazole rings is 1. The van der Waals surface area contributed by atoms with E-state index in [9.17, 15) is 0 Å². The maximum atomic E-state index is 6.56. The van der Waals surface area contributed by atoms with Crippen molar-refractivity contribution in [3.8, 4) is 28.7 Å². The zero-order valence-corrected chi connectivity index (χ0v) is 37.4. The Morgan fingerprint density at radius 2 is 1.20 bits per heavy atom. The number of rotatable bonds is 9. The van der Waals surface area contributed by atoms with Gasteiger partial charge < -0.3 is 13.9 Å². The number of hydrogen-bond acceptors (Lipinski definition) is 2. The second-order valence-electron chi connectivity index (χ2n) is 17.5. The predicted octanol–water partition coefficient (Wildman–Crippen LogP) is 12.4. The second kappa shape index (κ2) is 15.9. The van der Waals surface area contributed by atoms with Gasteiger partial charge in [-0.15, -0.1) is 29.7 Å². The van der Waals surface area contributed by atoms with Crippen LogP contribution in [0, 0.1) is 18.5 Å². The van der Waals surface area contributed by atoms with Crippen LogP contribution in [0.1, 0.15) is 76.3 Å². The average molecular weight is 964 g/mol. The molecule has 5 nitrogen and oxygen atoms in total. The van der Waals surface area contributed by atoms with Crippen LogP contribution in [0.25, 0.3) is 39.0 Å². The summed E-state index contributed by atoms with van der Waals surface area (Å²) in [5.41, 5.74) is 9.63. The van der Waals surface area contributed by atoms with E-state index in [-0.39, 0.29) is 37.3 Å². The Kier molecular flexibility index (Phi) is 10.8. The second-order valence-corrected chi connectivity index (χ2v) is 17.5. The predicted molar refractivity (Wildman–Crippen MR) is 238 cm³/mol. The molecule has 0 aliphatic rings. The first-order valence-corrected chi connectivity index (χ1v) is 20.3. The molecule has 302 valence electrons. The topological polar surface area (TPSA) is 35.9 Å². The van der Waals surface area contributed by atoms with Crippen molar-refractivity contribution in [1.82, 2.24) is 14.1 Å². The molecule has 60 heavy (non-hydrogen) atoms. The fourth-order valence-corrected chi connectivity index (χ4v) is 8.05. The minimum Gasteiger partial charge on any atom is -0.510 e. The summed E-state index contributed by atoms with van der Waals surface area (Å²) in [6.07, 6.45) is 9.41. The van der Waals surface area contributed by atoms with E-state index in [4.69, 9.17) is 9.72 Å². The van der Waals surface area contributed by atoms with Crippen LogP contribution in [0.3, 0.4) is 0 Å². The molecule has 6 aromatic carbocycles. The summed E-state index contributed by atoms with van der Waals surface area (Å²) < 4.78 is 12.7. The van der Waals surface area contributed by atoms with Gasteiger partial charge in [-0.2, -0.15) is 18.2 Å². The van der Waals surface area contributed by atoms with Gasteiger partial charge in [0.05, 0.1) is 5.69 Å². The van der Waals surface area contributed by atoms with Gasteiger partial charge in [-0.05, 0) is 74.6 Å².